The topological polar surface area (TPSA) is 41.1 Å². The van der Waals surface area contributed by atoms with Crippen LogP contribution in [0.2, 0.25) is 0 Å². The van der Waals surface area contributed by atoms with Crippen molar-refractivity contribution in [3.63, 3.8) is 0 Å². The first-order valence-electron chi connectivity index (χ1n) is 5.61. The lowest BCUT2D eigenvalue weighted by molar-refractivity contribution is 1.04. The highest BCUT2D eigenvalue weighted by atomic mass is 79.9. The standard InChI is InChI=1S/C13H15BrN4/c1-9-15-12(14)8-13(16-9)17-10-6-4-5-7-11(10)18(2)3/h4-8H,1-3H3,(H,15,16,17). The maximum Gasteiger partial charge on any atom is 0.135 e. The number of hydrogen-bond donors (Lipinski definition) is 1. The Hall–Kier alpha value is -1.62. The fraction of sp³-hybridized carbons (Fsp3) is 0.231. The molecule has 0 aliphatic carbocycles. The van der Waals surface area contributed by atoms with Crippen molar-refractivity contribution in [2.45, 2.75) is 6.92 Å². The van der Waals surface area contributed by atoms with Gasteiger partial charge >= 0.3 is 0 Å². The third-order valence-corrected chi connectivity index (χ3v) is 2.86. The molecule has 0 amide bonds. The predicted octanol–water partition coefficient (Wildman–Crippen LogP) is 3.36. The molecule has 1 N–H and O–H groups in total. The van der Waals surface area contributed by atoms with Crippen LogP contribution in [0, 0.1) is 6.92 Å². The van der Waals surface area contributed by atoms with Crippen LogP contribution in [-0.4, -0.2) is 24.1 Å². The fourth-order valence-electron chi connectivity index (χ4n) is 1.70. The van der Waals surface area contributed by atoms with Gasteiger partial charge in [0.25, 0.3) is 0 Å². The van der Waals surface area contributed by atoms with Gasteiger partial charge in [-0.15, -0.1) is 0 Å². The Labute approximate surface area is 115 Å². The van der Waals surface area contributed by atoms with Gasteiger partial charge in [-0.05, 0) is 35.0 Å². The maximum atomic E-state index is 4.36. The van der Waals surface area contributed by atoms with E-state index >= 15 is 0 Å². The number of nitrogens with one attached hydrogen (secondary N) is 1. The van der Waals surface area contributed by atoms with E-state index in [1.165, 1.54) is 0 Å². The van der Waals surface area contributed by atoms with Crippen molar-refractivity contribution in [1.29, 1.82) is 0 Å². The normalized spacial score (nSPS) is 10.2. The van der Waals surface area contributed by atoms with Crippen molar-refractivity contribution in [3.05, 3.63) is 40.8 Å². The Kier molecular flexibility index (Phi) is 3.81. The van der Waals surface area contributed by atoms with Crippen LogP contribution >= 0.6 is 15.9 Å². The highest BCUT2D eigenvalue weighted by molar-refractivity contribution is 9.10. The zero-order chi connectivity index (χ0) is 13.1. The van der Waals surface area contributed by atoms with Crippen LogP contribution in [-0.2, 0) is 0 Å². The molecule has 0 bridgehead atoms. The van der Waals surface area contributed by atoms with Crippen LogP contribution in [0.25, 0.3) is 0 Å². The van der Waals surface area contributed by atoms with Gasteiger partial charge in [0.2, 0.25) is 0 Å². The van der Waals surface area contributed by atoms with Gasteiger partial charge in [-0.3, -0.25) is 0 Å². The highest BCUT2D eigenvalue weighted by Crippen LogP contribution is 2.27. The number of nitrogens with zero attached hydrogens (tertiary/aromatic N) is 3. The number of aromatic nitrogens is 2. The average molecular weight is 307 g/mol. The van der Waals surface area contributed by atoms with E-state index in [4.69, 9.17) is 0 Å². The van der Waals surface area contributed by atoms with Crippen LogP contribution < -0.4 is 10.2 Å². The molecule has 0 unspecified atom stereocenters. The van der Waals surface area contributed by atoms with Crippen molar-refractivity contribution in [2.75, 3.05) is 24.3 Å². The van der Waals surface area contributed by atoms with Crippen LogP contribution in [0.1, 0.15) is 5.82 Å². The van der Waals surface area contributed by atoms with Gasteiger partial charge < -0.3 is 10.2 Å². The molecule has 5 heteroatoms. The minimum atomic E-state index is 0.731. The summed E-state index contributed by atoms with van der Waals surface area (Å²) in [5.41, 5.74) is 2.14. The van der Waals surface area contributed by atoms with E-state index in [9.17, 15) is 0 Å². The van der Waals surface area contributed by atoms with Crippen LogP contribution in [0.5, 0.6) is 0 Å². The molecule has 1 aromatic carbocycles. The minimum absolute atomic E-state index is 0.731. The number of rotatable bonds is 3. The first-order chi connectivity index (χ1) is 8.56. The van der Waals surface area contributed by atoms with Gasteiger partial charge in [0, 0.05) is 20.2 Å². The Morgan fingerprint density at radius 2 is 1.89 bits per heavy atom. The molecular weight excluding hydrogens is 292 g/mol. The molecule has 2 aromatic rings. The number of hydrogen-bond acceptors (Lipinski definition) is 4. The number of benzene rings is 1. The summed E-state index contributed by atoms with van der Waals surface area (Å²) in [6.45, 7) is 1.87. The summed E-state index contributed by atoms with van der Waals surface area (Å²) in [6.07, 6.45) is 0. The van der Waals surface area contributed by atoms with E-state index in [0.29, 0.717) is 0 Å². The molecule has 0 spiro atoms. The predicted molar refractivity (Wildman–Crippen MR) is 78.5 cm³/mol. The molecule has 0 fully saturated rings. The number of para-hydroxylation sites is 2. The summed E-state index contributed by atoms with van der Waals surface area (Å²) in [7, 11) is 4.03. The monoisotopic (exact) mass is 306 g/mol. The number of aryl methyl sites for hydroxylation is 1. The molecule has 0 aliphatic heterocycles. The molecule has 1 heterocycles. The van der Waals surface area contributed by atoms with Gasteiger partial charge in [0.1, 0.15) is 16.2 Å². The van der Waals surface area contributed by atoms with Gasteiger partial charge in [-0.2, -0.15) is 0 Å². The molecule has 0 radical (unpaired) electrons. The molecule has 0 saturated heterocycles. The molecule has 0 saturated carbocycles. The Balaban J connectivity index is 2.34. The highest BCUT2D eigenvalue weighted by Gasteiger charge is 2.05. The third-order valence-electron chi connectivity index (χ3n) is 2.46. The first kappa shape index (κ1) is 12.8. The SMILES string of the molecule is Cc1nc(Br)cc(Nc2ccccc2N(C)C)n1. The molecule has 0 aliphatic rings. The lowest BCUT2D eigenvalue weighted by Crippen LogP contribution is -2.11. The van der Waals surface area contributed by atoms with Crippen molar-refractivity contribution in [2.24, 2.45) is 0 Å². The zero-order valence-corrected chi connectivity index (χ0v) is 12.2. The lowest BCUT2D eigenvalue weighted by Gasteiger charge is -2.18. The van der Waals surface area contributed by atoms with Crippen molar-refractivity contribution in [3.8, 4) is 0 Å². The van der Waals surface area contributed by atoms with Crippen molar-refractivity contribution in [1.82, 2.24) is 9.97 Å². The average Bonchev–Trinajstić information content (AvgIpc) is 2.27. The Morgan fingerprint density at radius 1 is 1.17 bits per heavy atom. The molecule has 94 valence electrons. The summed E-state index contributed by atoms with van der Waals surface area (Å²) in [4.78, 5) is 10.6. The van der Waals surface area contributed by atoms with Crippen molar-refractivity contribution >= 4 is 33.1 Å². The van der Waals surface area contributed by atoms with E-state index < -0.39 is 0 Å². The molecule has 2 rings (SSSR count). The fourth-order valence-corrected chi connectivity index (χ4v) is 2.18. The molecule has 1 aromatic heterocycles. The van der Waals surface area contributed by atoms with Crippen LogP contribution in [0.3, 0.4) is 0 Å². The quantitative estimate of drug-likeness (QED) is 0.883. The van der Waals surface area contributed by atoms with E-state index in [1.54, 1.807) is 0 Å². The van der Waals surface area contributed by atoms with E-state index in [1.807, 2.05) is 45.3 Å². The number of halogens is 1. The summed E-state index contributed by atoms with van der Waals surface area (Å²) in [6, 6.07) is 9.96. The Morgan fingerprint density at radius 3 is 2.56 bits per heavy atom. The maximum absolute atomic E-state index is 4.36. The van der Waals surface area contributed by atoms with Gasteiger partial charge in [-0.1, -0.05) is 12.1 Å². The van der Waals surface area contributed by atoms with E-state index in [2.05, 4.69) is 42.2 Å². The summed E-state index contributed by atoms with van der Waals surface area (Å²) in [5, 5.41) is 3.31. The summed E-state index contributed by atoms with van der Waals surface area (Å²) >= 11 is 3.37. The largest absolute Gasteiger partial charge is 0.376 e. The summed E-state index contributed by atoms with van der Waals surface area (Å²) < 4.78 is 0.778. The van der Waals surface area contributed by atoms with Gasteiger partial charge in [0.05, 0.1) is 11.4 Å². The van der Waals surface area contributed by atoms with E-state index in [0.717, 1.165) is 27.6 Å². The molecule has 18 heavy (non-hydrogen) atoms. The lowest BCUT2D eigenvalue weighted by atomic mass is 10.2. The van der Waals surface area contributed by atoms with Gasteiger partial charge in [0.15, 0.2) is 0 Å². The zero-order valence-electron chi connectivity index (χ0n) is 10.6. The minimum Gasteiger partial charge on any atom is -0.376 e. The number of anilines is 3. The second kappa shape index (κ2) is 5.35. The summed E-state index contributed by atoms with van der Waals surface area (Å²) in [5.74, 6) is 1.51. The molecule has 0 atom stereocenters. The van der Waals surface area contributed by atoms with Gasteiger partial charge in [-0.25, -0.2) is 9.97 Å². The second-order valence-corrected chi connectivity index (χ2v) is 4.97. The van der Waals surface area contributed by atoms with E-state index in [-0.39, 0.29) is 0 Å². The molecular formula is C13H15BrN4. The smallest absolute Gasteiger partial charge is 0.135 e. The molecule has 4 nitrogen and oxygen atoms in total. The second-order valence-electron chi connectivity index (χ2n) is 4.16. The van der Waals surface area contributed by atoms with Crippen molar-refractivity contribution < 1.29 is 0 Å². The van der Waals surface area contributed by atoms with Crippen LogP contribution in [0.15, 0.2) is 34.9 Å². The first-order valence-corrected chi connectivity index (χ1v) is 6.40. The Bertz CT molecular complexity index is 534. The third kappa shape index (κ3) is 2.98. The van der Waals surface area contributed by atoms with Crippen LogP contribution in [0.4, 0.5) is 17.2 Å².